The molecule has 146 valence electrons. The van der Waals surface area contributed by atoms with E-state index in [4.69, 9.17) is 12.2 Å². The lowest BCUT2D eigenvalue weighted by Crippen LogP contribution is -2.20. The summed E-state index contributed by atoms with van der Waals surface area (Å²) >= 11 is 8.71. The summed E-state index contributed by atoms with van der Waals surface area (Å²) in [5.74, 6) is 0.516. The summed E-state index contributed by atoms with van der Waals surface area (Å²) in [6.07, 6.45) is 1.83. The van der Waals surface area contributed by atoms with Gasteiger partial charge >= 0.3 is 6.61 Å². The van der Waals surface area contributed by atoms with E-state index >= 15 is 0 Å². The molecule has 0 unspecified atom stereocenters. The monoisotopic (exact) mass is 466 g/mol. The van der Waals surface area contributed by atoms with Gasteiger partial charge in [0.15, 0.2) is 10.9 Å². The van der Waals surface area contributed by atoms with Gasteiger partial charge in [0.2, 0.25) is 0 Å². The summed E-state index contributed by atoms with van der Waals surface area (Å²) in [5, 5.41) is 10.5. The average Bonchev–Trinajstić information content (AvgIpc) is 2.97. The molecule has 5 nitrogen and oxygen atoms in total. The lowest BCUT2D eigenvalue weighted by molar-refractivity contribution is -0.0493. The first-order valence-electron chi connectivity index (χ1n) is 8.31. The van der Waals surface area contributed by atoms with Gasteiger partial charge in [-0.15, -0.1) is 0 Å². The number of ether oxygens (including phenoxy) is 1. The molecule has 0 spiro atoms. The van der Waals surface area contributed by atoms with Crippen molar-refractivity contribution in [1.82, 2.24) is 9.78 Å². The highest BCUT2D eigenvalue weighted by molar-refractivity contribution is 9.10. The van der Waals surface area contributed by atoms with Crippen LogP contribution in [0.2, 0.25) is 0 Å². The highest BCUT2D eigenvalue weighted by Gasteiger charge is 2.12. The Bertz CT molecular complexity index is 963. The van der Waals surface area contributed by atoms with Crippen LogP contribution in [0.4, 0.5) is 20.3 Å². The number of rotatable bonds is 6. The molecule has 0 amide bonds. The van der Waals surface area contributed by atoms with Gasteiger partial charge in [-0.2, -0.15) is 13.9 Å². The minimum absolute atomic E-state index is 0.00520. The summed E-state index contributed by atoms with van der Waals surface area (Å²) in [7, 11) is 0. The van der Waals surface area contributed by atoms with Crippen LogP contribution in [0.25, 0.3) is 0 Å². The van der Waals surface area contributed by atoms with Crippen LogP contribution in [-0.2, 0) is 6.54 Å². The lowest BCUT2D eigenvalue weighted by Gasteiger charge is -2.13. The van der Waals surface area contributed by atoms with E-state index in [2.05, 4.69) is 36.4 Å². The quantitative estimate of drug-likeness (QED) is 0.475. The zero-order valence-electron chi connectivity index (χ0n) is 14.8. The number of nitrogens with one attached hydrogen (secondary N) is 2. The number of aryl methyl sites for hydroxylation is 1. The topological polar surface area (TPSA) is 51.1 Å². The summed E-state index contributed by atoms with van der Waals surface area (Å²) < 4.78 is 32.0. The van der Waals surface area contributed by atoms with Crippen molar-refractivity contribution in [3.63, 3.8) is 0 Å². The highest BCUT2D eigenvalue weighted by atomic mass is 79.9. The van der Waals surface area contributed by atoms with E-state index in [-0.39, 0.29) is 10.9 Å². The Kier molecular flexibility index (Phi) is 6.58. The molecule has 0 saturated carbocycles. The predicted octanol–water partition coefficient (Wildman–Crippen LogP) is 5.41. The minimum atomic E-state index is -2.92. The molecule has 3 rings (SSSR count). The van der Waals surface area contributed by atoms with Crippen LogP contribution in [0.3, 0.4) is 0 Å². The van der Waals surface area contributed by atoms with Crippen LogP contribution in [0.15, 0.2) is 59.2 Å². The normalized spacial score (nSPS) is 10.8. The zero-order chi connectivity index (χ0) is 20.1. The number of aromatic nitrogens is 2. The molecule has 9 heteroatoms. The van der Waals surface area contributed by atoms with E-state index in [0.29, 0.717) is 18.1 Å². The number of hydrogen-bond acceptors (Lipinski definition) is 3. The van der Waals surface area contributed by atoms with Crippen LogP contribution in [0, 0.1) is 6.92 Å². The van der Waals surface area contributed by atoms with E-state index in [0.717, 1.165) is 10.0 Å². The van der Waals surface area contributed by atoms with E-state index in [1.165, 1.54) is 11.6 Å². The molecule has 0 aliphatic rings. The fourth-order valence-electron chi connectivity index (χ4n) is 2.47. The van der Waals surface area contributed by atoms with Gasteiger partial charge in [0, 0.05) is 6.20 Å². The van der Waals surface area contributed by atoms with E-state index in [1.807, 2.05) is 37.4 Å². The van der Waals surface area contributed by atoms with Crippen molar-refractivity contribution >= 4 is 44.8 Å². The molecule has 0 radical (unpaired) electrons. The third-order valence-corrected chi connectivity index (χ3v) is 4.55. The number of nitrogens with zero attached hydrogens (tertiary/aromatic N) is 2. The van der Waals surface area contributed by atoms with Crippen molar-refractivity contribution in [2.24, 2.45) is 0 Å². The number of anilines is 2. The summed E-state index contributed by atoms with van der Waals surface area (Å²) in [5.41, 5.74) is 2.64. The van der Waals surface area contributed by atoms with Gasteiger partial charge < -0.3 is 15.4 Å². The average molecular weight is 467 g/mol. The van der Waals surface area contributed by atoms with Crippen molar-refractivity contribution in [2.45, 2.75) is 20.1 Å². The molecule has 0 atom stereocenters. The molecular formula is C19H17BrF2N4OS. The van der Waals surface area contributed by atoms with Gasteiger partial charge in [0.25, 0.3) is 0 Å². The third kappa shape index (κ3) is 5.49. The molecule has 1 heterocycles. The molecule has 0 aliphatic carbocycles. The molecule has 0 saturated heterocycles. The number of para-hydroxylation sites is 2. The Labute approximate surface area is 174 Å². The summed E-state index contributed by atoms with van der Waals surface area (Å²) in [4.78, 5) is 0. The Morgan fingerprint density at radius 3 is 2.61 bits per heavy atom. The first kappa shape index (κ1) is 20.2. The Balaban J connectivity index is 1.66. The molecule has 0 bridgehead atoms. The SMILES string of the molecule is Cc1ccc(Cn2cc(Br)c(NC(=S)Nc3ccccc3OC(F)F)n2)cc1. The standard InChI is InChI=1S/C19H17BrF2N4OS/c1-12-6-8-13(9-7-12)10-26-11-14(20)17(25-26)24-19(28)23-15-4-2-3-5-16(15)27-18(21)22/h2-9,11,18H,10H2,1H3,(H2,23,24,25,28). The van der Waals surface area contributed by atoms with Crippen molar-refractivity contribution in [2.75, 3.05) is 10.6 Å². The Morgan fingerprint density at radius 1 is 1.18 bits per heavy atom. The third-order valence-electron chi connectivity index (χ3n) is 3.77. The van der Waals surface area contributed by atoms with Gasteiger partial charge in [0.1, 0.15) is 5.75 Å². The Hall–Kier alpha value is -2.52. The van der Waals surface area contributed by atoms with Crippen molar-refractivity contribution < 1.29 is 13.5 Å². The summed E-state index contributed by atoms with van der Waals surface area (Å²) in [6.45, 7) is -0.281. The van der Waals surface area contributed by atoms with Crippen LogP contribution < -0.4 is 15.4 Å². The molecule has 2 aromatic carbocycles. The van der Waals surface area contributed by atoms with Gasteiger partial charge in [0.05, 0.1) is 16.7 Å². The van der Waals surface area contributed by atoms with E-state index in [9.17, 15) is 8.78 Å². The molecular weight excluding hydrogens is 450 g/mol. The van der Waals surface area contributed by atoms with Gasteiger partial charge in [-0.3, -0.25) is 4.68 Å². The second-order valence-corrected chi connectivity index (χ2v) is 7.23. The van der Waals surface area contributed by atoms with Crippen molar-refractivity contribution in [3.8, 4) is 5.75 Å². The van der Waals surface area contributed by atoms with Crippen LogP contribution in [0.1, 0.15) is 11.1 Å². The Morgan fingerprint density at radius 2 is 1.89 bits per heavy atom. The molecule has 1 aromatic heterocycles. The van der Waals surface area contributed by atoms with Gasteiger partial charge in [-0.1, -0.05) is 42.0 Å². The molecule has 0 fully saturated rings. The molecule has 28 heavy (non-hydrogen) atoms. The first-order valence-corrected chi connectivity index (χ1v) is 9.51. The van der Waals surface area contributed by atoms with Crippen molar-refractivity contribution in [1.29, 1.82) is 0 Å². The summed E-state index contributed by atoms with van der Waals surface area (Å²) in [6, 6.07) is 14.5. The van der Waals surface area contributed by atoms with Crippen LogP contribution >= 0.6 is 28.1 Å². The van der Waals surface area contributed by atoms with E-state index in [1.54, 1.807) is 22.9 Å². The lowest BCUT2D eigenvalue weighted by atomic mass is 10.1. The van der Waals surface area contributed by atoms with Gasteiger partial charge in [-0.05, 0) is 52.8 Å². The largest absolute Gasteiger partial charge is 0.433 e. The highest BCUT2D eigenvalue weighted by Crippen LogP contribution is 2.26. The number of alkyl halides is 2. The number of benzene rings is 2. The van der Waals surface area contributed by atoms with Crippen molar-refractivity contribution in [3.05, 3.63) is 70.3 Å². The fraction of sp³-hybridized carbons (Fsp3) is 0.158. The number of thiocarbonyl (C=S) groups is 1. The van der Waals surface area contributed by atoms with E-state index < -0.39 is 6.61 Å². The number of halogens is 3. The maximum atomic E-state index is 12.5. The maximum absolute atomic E-state index is 12.5. The van der Waals surface area contributed by atoms with Crippen LogP contribution in [-0.4, -0.2) is 21.5 Å². The van der Waals surface area contributed by atoms with Gasteiger partial charge in [-0.25, -0.2) is 0 Å². The second-order valence-electron chi connectivity index (χ2n) is 5.96. The number of hydrogen-bond donors (Lipinski definition) is 2. The smallest absolute Gasteiger partial charge is 0.387 e. The first-order chi connectivity index (χ1) is 13.4. The fourth-order valence-corrected chi connectivity index (χ4v) is 3.09. The van der Waals surface area contributed by atoms with Crippen LogP contribution in [0.5, 0.6) is 5.75 Å². The predicted molar refractivity (Wildman–Crippen MR) is 113 cm³/mol. The molecule has 3 aromatic rings. The minimum Gasteiger partial charge on any atom is -0.433 e. The molecule has 0 aliphatic heterocycles. The zero-order valence-corrected chi connectivity index (χ0v) is 17.2. The maximum Gasteiger partial charge on any atom is 0.387 e. The second kappa shape index (κ2) is 9.11. The molecule has 2 N–H and O–H groups in total.